The van der Waals surface area contributed by atoms with Crippen LogP contribution in [0, 0.1) is 0 Å². The third-order valence-corrected chi connectivity index (χ3v) is 4.17. The zero-order valence-electron chi connectivity index (χ0n) is 15.5. The number of carbonyl (C=O) groups excluding carboxylic acids is 1. The first kappa shape index (κ1) is 18.6. The zero-order chi connectivity index (χ0) is 19.6. The lowest BCUT2D eigenvalue weighted by Crippen LogP contribution is -2.36. The van der Waals surface area contributed by atoms with Gasteiger partial charge in [0.15, 0.2) is 11.4 Å². The van der Waals surface area contributed by atoms with E-state index in [1.807, 2.05) is 20.8 Å². The van der Waals surface area contributed by atoms with E-state index < -0.39 is 5.97 Å². The summed E-state index contributed by atoms with van der Waals surface area (Å²) in [5, 5.41) is 14.1. The Morgan fingerprint density at radius 1 is 1.37 bits per heavy atom. The van der Waals surface area contributed by atoms with Crippen molar-refractivity contribution in [2.24, 2.45) is 0 Å². The van der Waals surface area contributed by atoms with E-state index in [0.717, 1.165) is 0 Å². The van der Waals surface area contributed by atoms with Gasteiger partial charge in [-0.25, -0.2) is 9.67 Å². The predicted molar refractivity (Wildman–Crippen MR) is 99.4 cm³/mol. The number of rotatable bonds is 7. The SMILES string of the molecule is CCCN(CC(=O)O)C(=O)c1cc(-c2ccco2)nc2c1cnn2C(C)C. The van der Waals surface area contributed by atoms with Crippen molar-refractivity contribution >= 4 is 22.9 Å². The van der Waals surface area contributed by atoms with Crippen molar-refractivity contribution in [1.82, 2.24) is 19.7 Å². The van der Waals surface area contributed by atoms with Gasteiger partial charge in [-0.3, -0.25) is 9.59 Å². The molecule has 0 bridgehead atoms. The number of nitrogens with zero attached hydrogens (tertiary/aromatic N) is 4. The summed E-state index contributed by atoms with van der Waals surface area (Å²) in [5.74, 6) is -0.878. The van der Waals surface area contributed by atoms with Crippen LogP contribution in [-0.2, 0) is 4.79 Å². The van der Waals surface area contributed by atoms with E-state index in [1.165, 1.54) is 11.2 Å². The monoisotopic (exact) mass is 370 g/mol. The number of hydrogen-bond acceptors (Lipinski definition) is 5. The van der Waals surface area contributed by atoms with Crippen molar-refractivity contribution in [3.8, 4) is 11.5 Å². The molecule has 0 aliphatic rings. The fourth-order valence-corrected chi connectivity index (χ4v) is 2.98. The molecule has 1 amide bonds. The molecule has 3 heterocycles. The van der Waals surface area contributed by atoms with E-state index in [4.69, 9.17) is 9.52 Å². The van der Waals surface area contributed by atoms with E-state index in [0.29, 0.717) is 41.0 Å². The molecule has 0 fully saturated rings. The Labute approximate surface area is 156 Å². The van der Waals surface area contributed by atoms with E-state index in [1.54, 1.807) is 29.1 Å². The summed E-state index contributed by atoms with van der Waals surface area (Å²) < 4.78 is 7.18. The lowest BCUT2D eigenvalue weighted by molar-refractivity contribution is -0.137. The minimum atomic E-state index is -1.05. The minimum Gasteiger partial charge on any atom is -0.480 e. The Bertz CT molecular complexity index is 960. The number of carboxylic acids is 1. The molecular formula is C19H22N4O4. The number of aromatic nitrogens is 3. The molecule has 0 aliphatic carbocycles. The van der Waals surface area contributed by atoms with E-state index in [2.05, 4.69) is 10.1 Å². The Morgan fingerprint density at radius 3 is 2.74 bits per heavy atom. The van der Waals surface area contributed by atoms with Crippen LogP contribution in [0.1, 0.15) is 43.6 Å². The molecular weight excluding hydrogens is 348 g/mol. The van der Waals surface area contributed by atoms with Gasteiger partial charge in [0.2, 0.25) is 0 Å². The van der Waals surface area contributed by atoms with Gasteiger partial charge in [0.05, 0.1) is 23.4 Å². The number of furan rings is 1. The Kier molecular flexibility index (Phi) is 5.25. The Balaban J connectivity index is 2.18. The highest BCUT2D eigenvalue weighted by Gasteiger charge is 2.24. The van der Waals surface area contributed by atoms with Crippen LogP contribution in [0.4, 0.5) is 0 Å². The van der Waals surface area contributed by atoms with Crippen molar-refractivity contribution in [3.63, 3.8) is 0 Å². The Hall–Kier alpha value is -3.16. The molecule has 3 aromatic rings. The smallest absolute Gasteiger partial charge is 0.323 e. The number of carboxylic acid groups (broad SMARTS) is 1. The molecule has 8 nitrogen and oxygen atoms in total. The molecule has 0 saturated heterocycles. The zero-order valence-corrected chi connectivity index (χ0v) is 15.5. The number of hydrogen-bond donors (Lipinski definition) is 1. The molecule has 3 rings (SSSR count). The summed E-state index contributed by atoms with van der Waals surface area (Å²) in [5.41, 5.74) is 1.44. The van der Waals surface area contributed by atoms with Crippen LogP contribution in [0.15, 0.2) is 35.1 Å². The first-order valence-corrected chi connectivity index (χ1v) is 8.85. The molecule has 27 heavy (non-hydrogen) atoms. The fraction of sp³-hybridized carbons (Fsp3) is 0.368. The third kappa shape index (κ3) is 3.69. The molecule has 3 aromatic heterocycles. The summed E-state index contributed by atoms with van der Waals surface area (Å²) in [6.07, 6.45) is 3.80. The van der Waals surface area contributed by atoms with Crippen LogP contribution in [0.3, 0.4) is 0 Å². The standard InChI is InChI=1S/C19H22N4O4/c1-4-7-22(11-17(24)25)19(26)13-9-15(16-6-5-8-27-16)21-18-14(13)10-20-23(18)12(2)3/h5-6,8-10,12H,4,7,11H2,1-3H3,(H,24,25). The van der Waals surface area contributed by atoms with Crippen molar-refractivity contribution in [1.29, 1.82) is 0 Å². The number of pyridine rings is 1. The highest BCUT2D eigenvalue weighted by molar-refractivity contribution is 6.07. The number of amides is 1. The van der Waals surface area contributed by atoms with Crippen molar-refractivity contribution in [3.05, 3.63) is 36.2 Å². The maximum absolute atomic E-state index is 13.2. The quantitative estimate of drug-likeness (QED) is 0.685. The molecule has 8 heteroatoms. The first-order chi connectivity index (χ1) is 12.9. The van der Waals surface area contributed by atoms with Gasteiger partial charge in [0.25, 0.3) is 5.91 Å². The molecule has 1 N–H and O–H groups in total. The summed E-state index contributed by atoms with van der Waals surface area (Å²) in [6.45, 7) is 5.84. The Morgan fingerprint density at radius 2 is 2.15 bits per heavy atom. The number of fused-ring (bicyclic) bond motifs is 1. The van der Waals surface area contributed by atoms with Gasteiger partial charge in [-0.1, -0.05) is 6.92 Å². The van der Waals surface area contributed by atoms with Crippen LogP contribution in [0.5, 0.6) is 0 Å². The summed E-state index contributed by atoms with van der Waals surface area (Å²) in [4.78, 5) is 30.3. The highest BCUT2D eigenvalue weighted by Crippen LogP contribution is 2.27. The van der Waals surface area contributed by atoms with Crippen molar-refractivity contribution in [2.45, 2.75) is 33.2 Å². The molecule has 0 aromatic carbocycles. The largest absolute Gasteiger partial charge is 0.480 e. The van der Waals surface area contributed by atoms with Gasteiger partial charge < -0.3 is 14.4 Å². The molecule has 0 atom stereocenters. The van der Waals surface area contributed by atoms with Crippen LogP contribution >= 0.6 is 0 Å². The normalized spacial score (nSPS) is 11.3. The minimum absolute atomic E-state index is 0.0515. The second-order valence-corrected chi connectivity index (χ2v) is 6.57. The highest BCUT2D eigenvalue weighted by atomic mass is 16.4. The number of carbonyl (C=O) groups is 2. The molecule has 142 valence electrons. The van der Waals surface area contributed by atoms with E-state index in [-0.39, 0.29) is 18.5 Å². The molecule has 0 saturated carbocycles. The van der Waals surface area contributed by atoms with Crippen molar-refractivity contribution < 1.29 is 19.1 Å². The lowest BCUT2D eigenvalue weighted by Gasteiger charge is -2.20. The van der Waals surface area contributed by atoms with Crippen LogP contribution < -0.4 is 0 Å². The maximum atomic E-state index is 13.2. The lowest BCUT2D eigenvalue weighted by atomic mass is 10.1. The van der Waals surface area contributed by atoms with Crippen LogP contribution in [0.25, 0.3) is 22.5 Å². The second kappa shape index (κ2) is 7.61. The van der Waals surface area contributed by atoms with E-state index in [9.17, 15) is 9.59 Å². The van der Waals surface area contributed by atoms with Gasteiger partial charge in [-0.2, -0.15) is 5.10 Å². The average Bonchev–Trinajstić information content (AvgIpc) is 3.28. The molecule has 0 radical (unpaired) electrons. The van der Waals surface area contributed by atoms with Crippen LogP contribution in [-0.4, -0.2) is 49.7 Å². The van der Waals surface area contributed by atoms with Gasteiger partial charge in [0, 0.05) is 12.6 Å². The van der Waals surface area contributed by atoms with Crippen molar-refractivity contribution in [2.75, 3.05) is 13.1 Å². The fourth-order valence-electron chi connectivity index (χ4n) is 2.98. The second-order valence-electron chi connectivity index (χ2n) is 6.57. The predicted octanol–water partition coefficient (Wildman–Crippen LogP) is 3.21. The third-order valence-electron chi connectivity index (χ3n) is 4.17. The van der Waals surface area contributed by atoms with Gasteiger partial charge in [-0.15, -0.1) is 0 Å². The number of aliphatic carboxylic acids is 1. The molecule has 0 unspecified atom stereocenters. The summed E-state index contributed by atoms with van der Waals surface area (Å²) in [7, 11) is 0. The molecule has 0 aliphatic heterocycles. The first-order valence-electron chi connectivity index (χ1n) is 8.85. The maximum Gasteiger partial charge on any atom is 0.323 e. The van der Waals surface area contributed by atoms with Gasteiger partial charge in [0.1, 0.15) is 12.2 Å². The van der Waals surface area contributed by atoms with Gasteiger partial charge in [-0.05, 0) is 38.5 Å². The average molecular weight is 370 g/mol. The molecule has 0 spiro atoms. The summed E-state index contributed by atoms with van der Waals surface area (Å²) >= 11 is 0. The van der Waals surface area contributed by atoms with E-state index >= 15 is 0 Å². The summed E-state index contributed by atoms with van der Waals surface area (Å²) in [6, 6.07) is 5.20. The van der Waals surface area contributed by atoms with Gasteiger partial charge >= 0.3 is 5.97 Å². The van der Waals surface area contributed by atoms with Crippen LogP contribution in [0.2, 0.25) is 0 Å². The topological polar surface area (TPSA) is 101 Å².